The van der Waals surface area contributed by atoms with Gasteiger partial charge in [-0.15, -0.1) is 0 Å². The van der Waals surface area contributed by atoms with E-state index in [0.29, 0.717) is 17.1 Å². The molecule has 0 amide bonds. The summed E-state index contributed by atoms with van der Waals surface area (Å²) in [7, 11) is 1.71. The van der Waals surface area contributed by atoms with Crippen LogP contribution >= 0.6 is 0 Å². The van der Waals surface area contributed by atoms with Gasteiger partial charge in [0.15, 0.2) is 0 Å². The third-order valence-corrected chi connectivity index (χ3v) is 2.61. The van der Waals surface area contributed by atoms with Crippen molar-refractivity contribution in [1.29, 1.82) is 5.41 Å². The van der Waals surface area contributed by atoms with Crippen LogP contribution in [0.3, 0.4) is 0 Å². The van der Waals surface area contributed by atoms with Crippen LogP contribution in [-0.4, -0.2) is 17.9 Å². The minimum Gasteiger partial charge on any atom is -0.384 e. The van der Waals surface area contributed by atoms with Gasteiger partial charge in [-0.1, -0.05) is 12.1 Å². The average molecular weight is 244 g/mol. The molecule has 5 heteroatoms. The van der Waals surface area contributed by atoms with Crippen LogP contribution in [0.1, 0.15) is 5.56 Å². The first-order valence-electron chi connectivity index (χ1n) is 5.38. The van der Waals surface area contributed by atoms with Crippen molar-refractivity contribution in [2.45, 2.75) is 0 Å². The number of aromatic nitrogens is 1. The van der Waals surface area contributed by atoms with Gasteiger partial charge in [0.25, 0.3) is 0 Å². The van der Waals surface area contributed by atoms with Crippen molar-refractivity contribution < 1.29 is 4.39 Å². The highest BCUT2D eigenvalue weighted by Crippen LogP contribution is 2.24. The van der Waals surface area contributed by atoms with E-state index in [0.717, 1.165) is 0 Å². The van der Waals surface area contributed by atoms with Gasteiger partial charge in [-0.3, -0.25) is 5.41 Å². The highest BCUT2D eigenvalue weighted by molar-refractivity contribution is 5.95. The fraction of sp³-hybridized carbons (Fsp3) is 0.0769. The first-order chi connectivity index (χ1) is 8.59. The summed E-state index contributed by atoms with van der Waals surface area (Å²) in [6, 6.07) is 9.73. The number of nitrogens with zero attached hydrogens (tertiary/aromatic N) is 2. The Morgan fingerprint density at radius 2 is 2.06 bits per heavy atom. The van der Waals surface area contributed by atoms with Crippen LogP contribution in [-0.2, 0) is 0 Å². The number of amidine groups is 1. The molecule has 0 unspecified atom stereocenters. The molecule has 2 aromatic rings. The number of para-hydroxylation sites is 1. The monoisotopic (exact) mass is 244 g/mol. The SMILES string of the molecule is CN(c1cc(C(=N)N)ccn1)c1ccccc1F. The van der Waals surface area contributed by atoms with Crippen LogP contribution in [0.2, 0.25) is 0 Å². The van der Waals surface area contributed by atoms with Crippen molar-refractivity contribution in [3.05, 3.63) is 54.0 Å². The zero-order valence-electron chi connectivity index (χ0n) is 9.89. The minimum absolute atomic E-state index is 0.0411. The van der Waals surface area contributed by atoms with Crippen LogP contribution in [0.25, 0.3) is 0 Å². The molecular weight excluding hydrogens is 231 g/mol. The predicted octanol–water partition coefficient (Wildman–Crippen LogP) is 2.27. The van der Waals surface area contributed by atoms with E-state index in [2.05, 4.69) is 4.98 Å². The maximum absolute atomic E-state index is 13.6. The highest BCUT2D eigenvalue weighted by Gasteiger charge is 2.10. The number of pyridine rings is 1. The molecular formula is C13H13FN4. The molecule has 0 aliphatic carbocycles. The number of halogens is 1. The molecule has 0 aliphatic heterocycles. The number of anilines is 2. The summed E-state index contributed by atoms with van der Waals surface area (Å²) in [5.74, 6) is 0.170. The second-order valence-corrected chi connectivity index (χ2v) is 3.83. The van der Waals surface area contributed by atoms with Crippen LogP contribution in [0, 0.1) is 11.2 Å². The predicted molar refractivity (Wildman–Crippen MR) is 69.7 cm³/mol. The average Bonchev–Trinajstić information content (AvgIpc) is 2.38. The molecule has 18 heavy (non-hydrogen) atoms. The Bertz CT molecular complexity index is 583. The maximum Gasteiger partial charge on any atom is 0.146 e. The van der Waals surface area contributed by atoms with Gasteiger partial charge in [0.05, 0.1) is 5.69 Å². The summed E-state index contributed by atoms with van der Waals surface area (Å²) in [5, 5.41) is 7.38. The number of hydrogen-bond acceptors (Lipinski definition) is 3. The first kappa shape index (κ1) is 12.0. The molecule has 0 fully saturated rings. The van der Waals surface area contributed by atoms with Crippen molar-refractivity contribution in [2.75, 3.05) is 11.9 Å². The van der Waals surface area contributed by atoms with Crippen LogP contribution < -0.4 is 10.6 Å². The topological polar surface area (TPSA) is 66.0 Å². The van der Waals surface area contributed by atoms with Crippen molar-refractivity contribution in [2.24, 2.45) is 5.73 Å². The maximum atomic E-state index is 13.6. The molecule has 4 nitrogen and oxygen atoms in total. The fourth-order valence-corrected chi connectivity index (χ4v) is 1.62. The molecule has 92 valence electrons. The van der Waals surface area contributed by atoms with Gasteiger partial charge in [0.1, 0.15) is 17.5 Å². The molecule has 0 bridgehead atoms. The summed E-state index contributed by atoms with van der Waals surface area (Å²) in [6.07, 6.45) is 1.55. The van der Waals surface area contributed by atoms with E-state index < -0.39 is 0 Å². The molecule has 1 heterocycles. The van der Waals surface area contributed by atoms with E-state index >= 15 is 0 Å². The van der Waals surface area contributed by atoms with E-state index in [1.807, 2.05) is 0 Å². The lowest BCUT2D eigenvalue weighted by Crippen LogP contribution is -2.16. The summed E-state index contributed by atoms with van der Waals surface area (Å²) in [6.45, 7) is 0. The number of rotatable bonds is 3. The van der Waals surface area contributed by atoms with Crippen molar-refractivity contribution in [3.63, 3.8) is 0 Å². The van der Waals surface area contributed by atoms with E-state index in [1.165, 1.54) is 6.07 Å². The number of nitrogens with two attached hydrogens (primary N) is 1. The van der Waals surface area contributed by atoms with Gasteiger partial charge >= 0.3 is 0 Å². The van der Waals surface area contributed by atoms with Gasteiger partial charge in [-0.25, -0.2) is 9.37 Å². The third-order valence-electron chi connectivity index (χ3n) is 2.61. The van der Waals surface area contributed by atoms with E-state index in [1.54, 1.807) is 48.5 Å². The quantitative estimate of drug-likeness (QED) is 0.643. The van der Waals surface area contributed by atoms with Gasteiger partial charge in [-0.05, 0) is 24.3 Å². The second-order valence-electron chi connectivity index (χ2n) is 3.83. The zero-order valence-corrected chi connectivity index (χ0v) is 9.89. The smallest absolute Gasteiger partial charge is 0.146 e. The van der Waals surface area contributed by atoms with Gasteiger partial charge in [0, 0.05) is 18.8 Å². The Kier molecular flexibility index (Phi) is 3.23. The van der Waals surface area contributed by atoms with E-state index in [-0.39, 0.29) is 11.7 Å². The Hall–Kier alpha value is -2.43. The molecule has 0 saturated carbocycles. The number of nitrogens with one attached hydrogen (secondary N) is 1. The molecule has 0 spiro atoms. The van der Waals surface area contributed by atoms with Crippen LogP contribution in [0.15, 0.2) is 42.6 Å². The molecule has 2 rings (SSSR count). The highest BCUT2D eigenvalue weighted by atomic mass is 19.1. The van der Waals surface area contributed by atoms with Gasteiger partial charge in [-0.2, -0.15) is 0 Å². The Morgan fingerprint density at radius 1 is 1.33 bits per heavy atom. The zero-order chi connectivity index (χ0) is 13.1. The lowest BCUT2D eigenvalue weighted by atomic mass is 10.2. The molecule has 3 N–H and O–H groups in total. The van der Waals surface area contributed by atoms with Crippen molar-refractivity contribution in [1.82, 2.24) is 4.98 Å². The molecule has 0 radical (unpaired) electrons. The van der Waals surface area contributed by atoms with Crippen LogP contribution in [0.5, 0.6) is 0 Å². The van der Waals surface area contributed by atoms with Crippen molar-refractivity contribution in [3.8, 4) is 0 Å². The normalized spacial score (nSPS) is 10.1. The molecule has 1 aromatic carbocycles. The number of nitrogen functional groups attached to an aromatic ring is 1. The number of benzene rings is 1. The summed E-state index contributed by atoms with van der Waals surface area (Å²) < 4.78 is 13.6. The van der Waals surface area contributed by atoms with Crippen LogP contribution in [0.4, 0.5) is 15.9 Å². The molecule has 0 aliphatic rings. The summed E-state index contributed by atoms with van der Waals surface area (Å²) in [4.78, 5) is 5.76. The summed E-state index contributed by atoms with van der Waals surface area (Å²) in [5.41, 5.74) is 6.39. The van der Waals surface area contributed by atoms with Crippen molar-refractivity contribution >= 4 is 17.3 Å². The van der Waals surface area contributed by atoms with Gasteiger partial charge < -0.3 is 10.6 Å². The number of hydrogen-bond donors (Lipinski definition) is 2. The minimum atomic E-state index is -0.324. The second kappa shape index (κ2) is 4.83. The largest absolute Gasteiger partial charge is 0.384 e. The Morgan fingerprint density at radius 3 is 2.72 bits per heavy atom. The third kappa shape index (κ3) is 2.29. The van der Waals surface area contributed by atoms with E-state index in [4.69, 9.17) is 11.1 Å². The molecule has 0 saturated heterocycles. The first-order valence-corrected chi connectivity index (χ1v) is 5.38. The Balaban J connectivity index is 2.40. The van der Waals surface area contributed by atoms with E-state index in [9.17, 15) is 4.39 Å². The fourth-order valence-electron chi connectivity index (χ4n) is 1.62. The van der Waals surface area contributed by atoms with Gasteiger partial charge in [0.2, 0.25) is 0 Å². The summed E-state index contributed by atoms with van der Waals surface area (Å²) >= 11 is 0. The standard InChI is InChI=1S/C13H13FN4/c1-18(11-5-3-2-4-10(11)14)12-8-9(13(15)16)6-7-17-12/h2-8H,1H3,(H3,15,16). The molecule has 1 aromatic heterocycles. The lowest BCUT2D eigenvalue weighted by Gasteiger charge is -2.19. The lowest BCUT2D eigenvalue weighted by molar-refractivity contribution is 0.627. The Labute approximate surface area is 104 Å². The molecule has 0 atom stereocenters.